The number of ether oxygens (including phenoxy) is 3. The van der Waals surface area contributed by atoms with E-state index in [1.165, 1.54) is 19.3 Å². The molecule has 1 aromatic rings. The molecule has 1 saturated heterocycles. The Morgan fingerprint density at radius 3 is 2.64 bits per heavy atom. The molecular weight excluding hydrogens is 584 g/mol. The summed E-state index contributed by atoms with van der Waals surface area (Å²) >= 11 is 6.51. The molecule has 3 aliphatic rings. The zero-order chi connectivity index (χ0) is 32.1. The van der Waals surface area contributed by atoms with Crippen molar-refractivity contribution in [2.45, 2.75) is 115 Å². The van der Waals surface area contributed by atoms with Gasteiger partial charge in [0.1, 0.15) is 6.61 Å². The summed E-state index contributed by atoms with van der Waals surface area (Å²) in [5.41, 5.74) is 1.16. The van der Waals surface area contributed by atoms with Crippen molar-refractivity contribution in [3.63, 3.8) is 0 Å². The number of hydrogen-bond donors (Lipinski definition) is 2. The highest BCUT2D eigenvalue weighted by atomic mass is 35.5. The fourth-order valence-electron chi connectivity index (χ4n) is 6.97. The third-order valence-corrected chi connectivity index (χ3v) is 9.98. The number of imidazole rings is 1. The molecule has 0 spiro atoms. The van der Waals surface area contributed by atoms with Crippen molar-refractivity contribution in [3.8, 4) is 0 Å². The van der Waals surface area contributed by atoms with Crippen LogP contribution in [0.15, 0.2) is 24.7 Å². The summed E-state index contributed by atoms with van der Waals surface area (Å²) in [6.07, 6.45) is 17.5. The van der Waals surface area contributed by atoms with Gasteiger partial charge >= 0.3 is 11.9 Å². The largest absolute Gasteiger partial charge is 0.465 e. The van der Waals surface area contributed by atoms with Crippen LogP contribution in [0.1, 0.15) is 90.7 Å². The molecule has 1 aromatic heterocycles. The predicted octanol–water partition coefficient (Wildman–Crippen LogP) is 5.39. The first kappa shape index (κ1) is 36.5. The molecule has 7 atom stereocenters. The molecule has 1 aliphatic heterocycles. The van der Waals surface area contributed by atoms with E-state index in [4.69, 9.17) is 25.8 Å². The minimum atomic E-state index is -0.392. The number of aliphatic hydroxyl groups excluding tert-OH is 2. The molecule has 2 aliphatic carbocycles. The zero-order valence-electron chi connectivity index (χ0n) is 27.1. The number of carbonyl (C=O) groups excluding carboxylic acids is 2. The lowest BCUT2D eigenvalue weighted by Crippen LogP contribution is -2.26. The average molecular weight is 639 g/mol. The smallest absolute Gasteiger partial charge is 0.332 e. The first-order chi connectivity index (χ1) is 21.1. The molecule has 0 radical (unpaired) electrons. The van der Waals surface area contributed by atoms with Gasteiger partial charge in [0.15, 0.2) is 0 Å². The number of aromatic nitrogens is 2. The van der Waals surface area contributed by atoms with E-state index in [9.17, 15) is 19.8 Å². The van der Waals surface area contributed by atoms with Crippen molar-refractivity contribution in [1.82, 2.24) is 9.55 Å². The fourth-order valence-corrected chi connectivity index (χ4v) is 7.44. The summed E-state index contributed by atoms with van der Waals surface area (Å²) in [7, 11) is 1.97. The Labute approximate surface area is 268 Å². The standard InChI is InChI=1S/C23H39ClO5.C11H16N2O2/c1-16(2)29-23(27)15-28-13-7-6-10-18-19(22(26)14-20(18)24)11-12-21(25)17-8-4-3-5-9-17;1-3-10-8(6-15-11(10)14)4-9-5-12-7-13(9)2/h6-7,16-22,25-26H,3-5,8-15H2,1-2H3;5,7-8,10H,3-4,6H2,1-2H3/b7-6-;/t18-,19-,20-,21-,22-;8-,10-/m10/s1. The molecule has 0 amide bonds. The van der Waals surface area contributed by atoms with Crippen LogP contribution in [0.2, 0.25) is 0 Å². The maximum Gasteiger partial charge on any atom is 0.332 e. The maximum atomic E-state index is 11.4. The van der Waals surface area contributed by atoms with E-state index in [1.807, 2.05) is 36.9 Å². The summed E-state index contributed by atoms with van der Waals surface area (Å²) in [4.78, 5) is 26.9. The lowest BCUT2D eigenvalue weighted by Gasteiger charge is -2.29. The summed E-state index contributed by atoms with van der Waals surface area (Å²) < 4.78 is 17.4. The minimum Gasteiger partial charge on any atom is -0.465 e. The van der Waals surface area contributed by atoms with Crippen LogP contribution >= 0.6 is 11.6 Å². The van der Waals surface area contributed by atoms with Gasteiger partial charge in [-0.1, -0.05) is 38.3 Å². The van der Waals surface area contributed by atoms with Crippen molar-refractivity contribution < 1.29 is 34.0 Å². The minimum absolute atomic E-state index is 0.0373. The van der Waals surface area contributed by atoms with Crippen LogP contribution in [0.5, 0.6) is 0 Å². The van der Waals surface area contributed by atoms with E-state index in [0.717, 1.165) is 50.6 Å². The third kappa shape index (κ3) is 11.5. The van der Waals surface area contributed by atoms with E-state index < -0.39 is 6.10 Å². The van der Waals surface area contributed by atoms with E-state index in [2.05, 4.69) is 4.98 Å². The zero-order valence-corrected chi connectivity index (χ0v) is 27.9. The van der Waals surface area contributed by atoms with E-state index in [-0.39, 0.29) is 53.9 Å². The number of rotatable bonds is 14. The van der Waals surface area contributed by atoms with Crippen LogP contribution in [-0.2, 0) is 37.3 Å². The van der Waals surface area contributed by atoms with Crippen molar-refractivity contribution in [3.05, 3.63) is 30.4 Å². The second-order valence-corrected chi connectivity index (χ2v) is 13.6. The molecule has 0 bridgehead atoms. The number of hydrogen-bond acceptors (Lipinski definition) is 8. The first-order valence-electron chi connectivity index (χ1n) is 16.6. The summed E-state index contributed by atoms with van der Waals surface area (Å²) in [6, 6.07) is 0. The third-order valence-electron chi connectivity index (χ3n) is 9.48. The second kappa shape index (κ2) is 18.9. The van der Waals surface area contributed by atoms with Gasteiger partial charge in [0.2, 0.25) is 0 Å². The molecule has 44 heavy (non-hydrogen) atoms. The van der Waals surface area contributed by atoms with Crippen LogP contribution in [-0.4, -0.2) is 75.2 Å². The summed E-state index contributed by atoms with van der Waals surface area (Å²) in [5, 5.41) is 21.0. The van der Waals surface area contributed by atoms with Crippen molar-refractivity contribution in [2.75, 3.05) is 19.8 Å². The second-order valence-electron chi connectivity index (χ2n) is 13.1. The molecule has 4 rings (SSSR count). The molecule has 10 heteroatoms. The van der Waals surface area contributed by atoms with Crippen LogP contribution in [0.4, 0.5) is 0 Å². The Morgan fingerprint density at radius 1 is 1.23 bits per heavy atom. The van der Waals surface area contributed by atoms with Gasteiger partial charge in [0.05, 0.1) is 43.8 Å². The molecule has 2 saturated carbocycles. The number of alkyl halides is 1. The fraction of sp³-hybridized carbons (Fsp3) is 0.794. The van der Waals surface area contributed by atoms with Crippen LogP contribution in [0.25, 0.3) is 0 Å². The van der Waals surface area contributed by atoms with E-state index in [0.29, 0.717) is 31.5 Å². The highest BCUT2D eigenvalue weighted by Gasteiger charge is 2.41. The highest BCUT2D eigenvalue weighted by Crippen LogP contribution is 2.42. The van der Waals surface area contributed by atoms with Gasteiger partial charge < -0.3 is 29.0 Å². The van der Waals surface area contributed by atoms with Crippen LogP contribution in [0.3, 0.4) is 0 Å². The number of allylic oxidation sites excluding steroid dienone is 1. The van der Waals surface area contributed by atoms with Crippen LogP contribution in [0, 0.1) is 29.6 Å². The average Bonchev–Trinajstić information content (AvgIpc) is 3.65. The highest BCUT2D eigenvalue weighted by molar-refractivity contribution is 6.21. The van der Waals surface area contributed by atoms with Crippen molar-refractivity contribution >= 4 is 23.5 Å². The van der Waals surface area contributed by atoms with Gasteiger partial charge in [0.25, 0.3) is 0 Å². The van der Waals surface area contributed by atoms with E-state index in [1.54, 1.807) is 20.2 Å². The lowest BCUT2D eigenvalue weighted by molar-refractivity contribution is -0.152. The Bertz CT molecular complexity index is 1030. The molecular formula is C34H55ClN2O7. The number of halogens is 1. The Morgan fingerprint density at radius 2 is 1.98 bits per heavy atom. The van der Waals surface area contributed by atoms with Crippen LogP contribution < -0.4 is 0 Å². The quantitative estimate of drug-likeness (QED) is 0.121. The first-order valence-corrected chi connectivity index (χ1v) is 17.1. The maximum absolute atomic E-state index is 11.4. The van der Waals surface area contributed by atoms with Gasteiger partial charge in [-0.25, -0.2) is 9.78 Å². The van der Waals surface area contributed by atoms with Gasteiger partial charge in [0, 0.05) is 30.2 Å². The number of aryl methyl sites for hydroxylation is 1. The monoisotopic (exact) mass is 638 g/mol. The predicted molar refractivity (Wildman–Crippen MR) is 170 cm³/mol. The van der Waals surface area contributed by atoms with Crippen molar-refractivity contribution in [1.29, 1.82) is 0 Å². The summed E-state index contributed by atoms with van der Waals surface area (Å²) in [6.45, 7) is 6.50. The number of esters is 2. The number of aliphatic hydroxyl groups is 2. The Kier molecular flexibility index (Phi) is 15.7. The molecule has 0 unspecified atom stereocenters. The van der Waals surface area contributed by atoms with Gasteiger partial charge in [-0.3, -0.25) is 4.79 Å². The lowest BCUT2D eigenvalue weighted by atomic mass is 9.81. The Balaban J connectivity index is 0.000000293. The van der Waals surface area contributed by atoms with Crippen molar-refractivity contribution in [2.24, 2.45) is 36.6 Å². The van der Waals surface area contributed by atoms with Gasteiger partial charge in [-0.15, -0.1) is 11.6 Å². The molecule has 2 heterocycles. The number of nitrogens with zero attached hydrogens (tertiary/aromatic N) is 2. The Hall–Kier alpha value is -1.94. The van der Waals surface area contributed by atoms with Gasteiger partial charge in [-0.2, -0.15) is 0 Å². The molecule has 250 valence electrons. The number of cyclic esters (lactones) is 1. The SMILES string of the molecule is CC(C)OC(=O)COC/C=C\C[C@@H]1[C@@H](CC[C@@H](O)C2CCCCC2)[C@H](O)C[C@H]1Cl.CC[C@@H]1C(=O)OC[C@@H]1Cc1cncn1C. The molecule has 0 aromatic carbocycles. The topological polar surface area (TPSA) is 120 Å². The van der Waals surface area contributed by atoms with E-state index >= 15 is 0 Å². The molecule has 2 N–H and O–H groups in total. The normalized spacial score (nSPS) is 28.2. The summed E-state index contributed by atoms with van der Waals surface area (Å²) in [5.74, 6) is 0.744. The number of carbonyl (C=O) groups is 2. The molecule has 9 nitrogen and oxygen atoms in total. The molecule has 3 fully saturated rings. The van der Waals surface area contributed by atoms with Gasteiger partial charge in [-0.05, 0) is 83.0 Å².